The zero-order valence-corrected chi connectivity index (χ0v) is 8.56. The third-order valence-corrected chi connectivity index (χ3v) is 2.72. The van der Waals surface area contributed by atoms with Gasteiger partial charge in [-0.25, -0.2) is 0 Å². The fraction of sp³-hybridized carbons (Fsp3) is 0.750. The summed E-state index contributed by atoms with van der Waals surface area (Å²) in [6, 6.07) is 0. The van der Waals surface area contributed by atoms with Gasteiger partial charge in [-0.15, -0.1) is 21.8 Å². The first-order valence-corrected chi connectivity index (χ1v) is 5.16. The molecule has 1 atom stereocenters. The van der Waals surface area contributed by atoms with Gasteiger partial charge in [0.15, 0.2) is 0 Å². The average molecular weight is 217 g/mol. The van der Waals surface area contributed by atoms with Crippen LogP contribution in [0, 0.1) is 0 Å². The Kier molecular flexibility index (Phi) is 3.00. The molecule has 0 saturated heterocycles. The number of β-amino-alcohol motifs (C(OH)–C–C–N with tert-alkyl or cyclic N) is 1. The first kappa shape index (κ1) is 9.89. The van der Waals surface area contributed by atoms with E-state index in [1.54, 1.807) is 6.33 Å². The summed E-state index contributed by atoms with van der Waals surface area (Å²) < 4.78 is 2.03. The summed E-state index contributed by atoms with van der Waals surface area (Å²) in [6.07, 6.45) is 1.29. The second kappa shape index (κ2) is 4.25. The third-order valence-electron chi connectivity index (χ3n) is 2.36. The Morgan fingerprint density at radius 2 is 2.43 bits per heavy atom. The molecule has 1 aliphatic heterocycles. The van der Waals surface area contributed by atoms with Crippen molar-refractivity contribution in [3.63, 3.8) is 0 Å². The maximum atomic E-state index is 9.39. The van der Waals surface area contributed by atoms with Crippen LogP contribution in [0.15, 0.2) is 6.33 Å². The Balaban J connectivity index is 1.94. The largest absolute Gasteiger partial charge is 0.391 e. The zero-order chi connectivity index (χ0) is 9.97. The molecule has 0 aliphatic carbocycles. The minimum Gasteiger partial charge on any atom is -0.391 e. The van der Waals surface area contributed by atoms with Gasteiger partial charge < -0.3 is 9.67 Å². The van der Waals surface area contributed by atoms with Crippen molar-refractivity contribution < 1.29 is 5.11 Å². The maximum Gasteiger partial charge on any atom is 0.147 e. The van der Waals surface area contributed by atoms with Crippen molar-refractivity contribution >= 4 is 11.6 Å². The molecule has 1 N–H and O–H groups in total. The van der Waals surface area contributed by atoms with Crippen LogP contribution in [0.4, 0.5) is 0 Å². The van der Waals surface area contributed by atoms with Crippen molar-refractivity contribution in [3.05, 3.63) is 12.2 Å². The number of aliphatic hydroxyl groups is 1. The molecule has 0 aromatic carbocycles. The summed E-state index contributed by atoms with van der Waals surface area (Å²) >= 11 is 5.54. The first-order chi connectivity index (χ1) is 6.79. The molecule has 1 aromatic rings. The molecular formula is C8H13ClN4O. The van der Waals surface area contributed by atoms with Gasteiger partial charge in [0.25, 0.3) is 0 Å². The van der Waals surface area contributed by atoms with Crippen molar-refractivity contribution in [2.24, 2.45) is 0 Å². The summed E-state index contributed by atoms with van der Waals surface area (Å²) in [6.45, 7) is 3.15. The Hall–Kier alpha value is -0.650. The van der Waals surface area contributed by atoms with Gasteiger partial charge in [-0.1, -0.05) is 0 Å². The van der Waals surface area contributed by atoms with Gasteiger partial charge >= 0.3 is 0 Å². The van der Waals surface area contributed by atoms with E-state index in [1.165, 1.54) is 0 Å². The Morgan fingerprint density at radius 3 is 3.21 bits per heavy atom. The number of hydrogen-bond acceptors (Lipinski definition) is 4. The van der Waals surface area contributed by atoms with Crippen molar-refractivity contribution in [2.45, 2.75) is 19.2 Å². The predicted molar refractivity (Wildman–Crippen MR) is 52.0 cm³/mol. The van der Waals surface area contributed by atoms with Gasteiger partial charge in [-0.2, -0.15) is 0 Å². The van der Waals surface area contributed by atoms with E-state index in [9.17, 15) is 5.11 Å². The summed E-state index contributed by atoms with van der Waals surface area (Å²) in [7, 11) is 0. The van der Waals surface area contributed by atoms with Gasteiger partial charge in [0.1, 0.15) is 12.2 Å². The van der Waals surface area contributed by atoms with E-state index in [-0.39, 0.29) is 5.88 Å². The van der Waals surface area contributed by atoms with Crippen LogP contribution in [-0.2, 0) is 13.1 Å². The van der Waals surface area contributed by atoms with Gasteiger partial charge in [0, 0.05) is 25.5 Å². The second-order valence-corrected chi connectivity index (χ2v) is 3.79. The molecule has 2 heterocycles. The molecule has 0 bridgehead atoms. The van der Waals surface area contributed by atoms with E-state index in [0.29, 0.717) is 6.54 Å². The van der Waals surface area contributed by atoms with E-state index in [1.807, 2.05) is 4.57 Å². The minimum absolute atomic E-state index is 0.281. The summed E-state index contributed by atoms with van der Waals surface area (Å²) in [5, 5.41) is 17.2. The number of aromatic nitrogens is 3. The highest BCUT2D eigenvalue weighted by Gasteiger charge is 2.19. The van der Waals surface area contributed by atoms with Crippen molar-refractivity contribution in [1.29, 1.82) is 0 Å². The van der Waals surface area contributed by atoms with Crippen LogP contribution < -0.4 is 0 Å². The molecule has 14 heavy (non-hydrogen) atoms. The third kappa shape index (κ3) is 2.05. The minimum atomic E-state index is -0.453. The lowest BCUT2D eigenvalue weighted by molar-refractivity contribution is 0.110. The smallest absolute Gasteiger partial charge is 0.147 e. The van der Waals surface area contributed by atoms with Crippen LogP contribution in [0.2, 0.25) is 0 Å². The van der Waals surface area contributed by atoms with E-state index in [0.717, 1.165) is 25.5 Å². The molecule has 0 radical (unpaired) electrons. The molecule has 6 heteroatoms. The number of rotatable bonds is 3. The summed E-state index contributed by atoms with van der Waals surface area (Å²) in [5.74, 6) is 1.24. The molecule has 0 saturated carbocycles. The molecule has 5 nitrogen and oxygen atoms in total. The number of aliphatic hydroxyl groups excluding tert-OH is 1. The number of nitrogens with zero attached hydrogens (tertiary/aromatic N) is 4. The second-order valence-electron chi connectivity index (χ2n) is 3.48. The highest BCUT2D eigenvalue weighted by Crippen LogP contribution is 2.09. The summed E-state index contributed by atoms with van der Waals surface area (Å²) in [4.78, 5) is 2.14. The van der Waals surface area contributed by atoms with Crippen LogP contribution in [-0.4, -0.2) is 49.8 Å². The normalized spacial score (nSPS) is 19.3. The molecule has 1 unspecified atom stereocenters. The molecule has 0 spiro atoms. The van der Waals surface area contributed by atoms with E-state index < -0.39 is 6.10 Å². The molecular weight excluding hydrogens is 204 g/mol. The number of alkyl halides is 1. The Bertz CT molecular complexity index is 303. The molecule has 78 valence electrons. The van der Waals surface area contributed by atoms with Crippen LogP contribution in [0.5, 0.6) is 0 Å². The van der Waals surface area contributed by atoms with E-state index >= 15 is 0 Å². The molecule has 0 fully saturated rings. The lowest BCUT2D eigenvalue weighted by Crippen LogP contribution is -2.39. The fourth-order valence-electron chi connectivity index (χ4n) is 1.62. The van der Waals surface area contributed by atoms with Crippen LogP contribution in [0.3, 0.4) is 0 Å². The van der Waals surface area contributed by atoms with E-state index in [2.05, 4.69) is 15.1 Å². The number of halogens is 1. The highest BCUT2D eigenvalue weighted by molar-refractivity contribution is 6.18. The lowest BCUT2D eigenvalue weighted by atomic mass is 10.3. The van der Waals surface area contributed by atoms with Crippen molar-refractivity contribution in [1.82, 2.24) is 19.7 Å². The van der Waals surface area contributed by atoms with Crippen molar-refractivity contribution in [2.75, 3.05) is 19.0 Å². The molecule has 1 aromatic heterocycles. The standard InChI is InChI=1S/C8H13ClN4O/c9-3-7(14)4-12-1-2-13-6-10-11-8(13)5-12/h6-7,14H,1-5H2. The van der Waals surface area contributed by atoms with Crippen LogP contribution in [0.25, 0.3) is 0 Å². The SMILES string of the molecule is OC(CCl)CN1CCn2cnnc2C1. The quantitative estimate of drug-likeness (QED) is 0.705. The number of fused-ring (bicyclic) bond motifs is 1. The number of hydrogen-bond donors (Lipinski definition) is 1. The van der Waals surface area contributed by atoms with Gasteiger partial charge in [-0.3, -0.25) is 4.90 Å². The monoisotopic (exact) mass is 216 g/mol. The maximum absolute atomic E-state index is 9.39. The van der Waals surface area contributed by atoms with Crippen LogP contribution >= 0.6 is 11.6 Å². The van der Waals surface area contributed by atoms with E-state index in [4.69, 9.17) is 11.6 Å². The Morgan fingerprint density at radius 1 is 1.57 bits per heavy atom. The predicted octanol–water partition coefficient (Wildman–Crippen LogP) is -0.307. The first-order valence-electron chi connectivity index (χ1n) is 4.62. The fourth-order valence-corrected chi connectivity index (χ4v) is 1.72. The van der Waals surface area contributed by atoms with Gasteiger partial charge in [0.05, 0.1) is 12.6 Å². The van der Waals surface area contributed by atoms with Crippen LogP contribution in [0.1, 0.15) is 5.82 Å². The zero-order valence-electron chi connectivity index (χ0n) is 7.80. The average Bonchev–Trinajstić information content (AvgIpc) is 2.64. The summed E-state index contributed by atoms with van der Waals surface area (Å²) in [5.41, 5.74) is 0. The van der Waals surface area contributed by atoms with Gasteiger partial charge in [-0.05, 0) is 0 Å². The topological polar surface area (TPSA) is 54.2 Å². The molecule has 2 rings (SSSR count). The Labute approximate surface area is 87.3 Å². The molecule has 1 aliphatic rings. The van der Waals surface area contributed by atoms with Crippen molar-refractivity contribution in [3.8, 4) is 0 Å². The lowest BCUT2D eigenvalue weighted by Gasteiger charge is -2.28. The highest BCUT2D eigenvalue weighted by atomic mass is 35.5. The van der Waals surface area contributed by atoms with Gasteiger partial charge in [0.2, 0.25) is 0 Å². The molecule has 0 amide bonds.